The second-order valence-corrected chi connectivity index (χ2v) is 5.84. The molecule has 2 saturated heterocycles. The Morgan fingerprint density at radius 3 is 2.71 bits per heavy atom. The Bertz CT molecular complexity index is 706. The van der Waals surface area contributed by atoms with Gasteiger partial charge in [0.1, 0.15) is 5.52 Å². The summed E-state index contributed by atoms with van der Waals surface area (Å²) >= 11 is 0. The molecule has 6 heteroatoms. The Morgan fingerprint density at radius 1 is 1.24 bits per heavy atom. The molecule has 0 aliphatic carbocycles. The third-order valence-corrected chi connectivity index (χ3v) is 4.65. The van der Waals surface area contributed by atoms with Crippen molar-refractivity contribution in [1.82, 2.24) is 10.3 Å². The molecule has 0 saturated carbocycles. The number of anilines is 1. The highest BCUT2D eigenvalue weighted by Gasteiger charge is 2.36. The number of hydrogen-bond acceptors (Lipinski definition) is 5. The van der Waals surface area contributed by atoms with Crippen LogP contribution in [0.2, 0.25) is 0 Å². The smallest absolute Gasteiger partial charge is 0.295 e. The van der Waals surface area contributed by atoms with E-state index in [-0.39, 0.29) is 10.6 Å². The molecule has 3 heterocycles. The summed E-state index contributed by atoms with van der Waals surface area (Å²) in [5.41, 5.74) is 1.63. The summed E-state index contributed by atoms with van der Waals surface area (Å²) in [5, 5.41) is 15.5. The second-order valence-electron chi connectivity index (χ2n) is 5.84. The van der Waals surface area contributed by atoms with Crippen LogP contribution in [0.15, 0.2) is 30.5 Å². The molecule has 4 rings (SSSR count). The lowest BCUT2D eigenvalue weighted by atomic mass is 10.0. The van der Waals surface area contributed by atoms with E-state index < -0.39 is 0 Å². The fourth-order valence-electron chi connectivity index (χ4n) is 3.62. The molecule has 2 aliphatic heterocycles. The SMILES string of the molecule is O=[N+]([O-])c1cccc2c(N3CC4CNCC4C3)ccnc12. The zero-order chi connectivity index (χ0) is 14.4. The standard InChI is InChI=1S/C15H16N4O2/c20-19(21)14-3-1-2-12-13(4-5-17-15(12)14)18-8-10-6-16-7-11(10)9-18/h1-5,10-11,16H,6-9H2. The quantitative estimate of drug-likeness (QED) is 0.672. The summed E-state index contributed by atoms with van der Waals surface area (Å²) < 4.78 is 0. The molecule has 0 bridgehead atoms. The Morgan fingerprint density at radius 2 is 2.00 bits per heavy atom. The van der Waals surface area contributed by atoms with Crippen LogP contribution in [0, 0.1) is 22.0 Å². The Labute approximate surface area is 121 Å². The minimum Gasteiger partial charge on any atom is -0.370 e. The van der Waals surface area contributed by atoms with E-state index in [0.717, 1.165) is 37.3 Å². The van der Waals surface area contributed by atoms with Crippen molar-refractivity contribution in [2.75, 3.05) is 31.1 Å². The van der Waals surface area contributed by atoms with Crippen molar-refractivity contribution in [2.45, 2.75) is 0 Å². The second kappa shape index (κ2) is 4.66. The molecule has 108 valence electrons. The third-order valence-electron chi connectivity index (χ3n) is 4.65. The zero-order valence-corrected chi connectivity index (χ0v) is 11.5. The van der Waals surface area contributed by atoms with Crippen molar-refractivity contribution in [3.63, 3.8) is 0 Å². The Hall–Kier alpha value is -2.21. The number of hydrogen-bond donors (Lipinski definition) is 1. The molecule has 1 aromatic carbocycles. The van der Waals surface area contributed by atoms with E-state index in [2.05, 4.69) is 15.2 Å². The molecule has 2 atom stereocenters. The first-order valence-corrected chi connectivity index (χ1v) is 7.22. The van der Waals surface area contributed by atoms with E-state index in [0.29, 0.717) is 17.4 Å². The molecule has 1 N–H and O–H groups in total. The maximum atomic E-state index is 11.2. The fraction of sp³-hybridized carbons (Fsp3) is 0.400. The summed E-state index contributed by atoms with van der Waals surface area (Å²) in [6.45, 7) is 4.17. The summed E-state index contributed by atoms with van der Waals surface area (Å²) in [6.07, 6.45) is 1.68. The maximum Gasteiger partial charge on any atom is 0.295 e. The number of nitro groups is 1. The van der Waals surface area contributed by atoms with Crippen LogP contribution >= 0.6 is 0 Å². The lowest BCUT2D eigenvalue weighted by Gasteiger charge is -2.21. The summed E-state index contributed by atoms with van der Waals surface area (Å²) in [4.78, 5) is 17.4. The van der Waals surface area contributed by atoms with E-state index in [1.807, 2.05) is 12.1 Å². The first-order chi connectivity index (χ1) is 10.2. The van der Waals surface area contributed by atoms with Crippen LogP contribution in [0.25, 0.3) is 10.9 Å². The van der Waals surface area contributed by atoms with Gasteiger partial charge in [0.2, 0.25) is 0 Å². The average Bonchev–Trinajstić information content (AvgIpc) is 3.07. The molecule has 1 aromatic heterocycles. The number of pyridine rings is 1. The minimum atomic E-state index is -0.359. The van der Waals surface area contributed by atoms with Crippen LogP contribution in [-0.2, 0) is 0 Å². The molecule has 6 nitrogen and oxygen atoms in total. The number of nitrogens with zero attached hydrogens (tertiary/aromatic N) is 3. The number of para-hydroxylation sites is 1. The van der Waals surface area contributed by atoms with Gasteiger partial charge in [-0.15, -0.1) is 0 Å². The van der Waals surface area contributed by atoms with E-state index in [4.69, 9.17) is 0 Å². The Balaban J connectivity index is 1.79. The number of nitrogens with one attached hydrogen (secondary N) is 1. The van der Waals surface area contributed by atoms with E-state index in [1.54, 1.807) is 12.3 Å². The molecule has 2 aromatic rings. The predicted octanol–water partition coefficient (Wildman–Crippen LogP) is 1.80. The normalized spacial score (nSPS) is 24.5. The van der Waals surface area contributed by atoms with Gasteiger partial charge in [-0.05, 0) is 17.9 Å². The zero-order valence-electron chi connectivity index (χ0n) is 11.5. The van der Waals surface area contributed by atoms with Gasteiger partial charge < -0.3 is 10.2 Å². The maximum absolute atomic E-state index is 11.2. The van der Waals surface area contributed by atoms with Gasteiger partial charge in [-0.2, -0.15) is 0 Å². The first-order valence-electron chi connectivity index (χ1n) is 7.22. The molecule has 0 amide bonds. The summed E-state index contributed by atoms with van der Waals surface area (Å²) in [5.74, 6) is 1.37. The third kappa shape index (κ3) is 1.94. The summed E-state index contributed by atoms with van der Waals surface area (Å²) in [6, 6.07) is 7.16. The number of rotatable bonds is 2. The summed E-state index contributed by atoms with van der Waals surface area (Å²) in [7, 11) is 0. The van der Waals surface area contributed by atoms with Crippen molar-refractivity contribution in [3.8, 4) is 0 Å². The topological polar surface area (TPSA) is 71.3 Å². The van der Waals surface area contributed by atoms with Crippen LogP contribution in [0.5, 0.6) is 0 Å². The molecular weight excluding hydrogens is 268 g/mol. The van der Waals surface area contributed by atoms with Crippen molar-refractivity contribution >= 4 is 22.3 Å². The molecule has 2 unspecified atom stereocenters. The first kappa shape index (κ1) is 12.5. The number of benzene rings is 1. The lowest BCUT2D eigenvalue weighted by Crippen LogP contribution is -2.25. The molecular formula is C15H16N4O2. The van der Waals surface area contributed by atoms with Crippen molar-refractivity contribution in [2.24, 2.45) is 11.8 Å². The molecule has 2 fully saturated rings. The van der Waals surface area contributed by atoms with Gasteiger partial charge in [-0.1, -0.05) is 12.1 Å². The number of non-ortho nitro benzene ring substituents is 1. The number of fused-ring (bicyclic) bond motifs is 2. The molecule has 2 aliphatic rings. The van der Waals surface area contributed by atoms with Gasteiger partial charge >= 0.3 is 0 Å². The van der Waals surface area contributed by atoms with Crippen LogP contribution in [0.1, 0.15) is 0 Å². The molecule has 21 heavy (non-hydrogen) atoms. The highest BCUT2D eigenvalue weighted by atomic mass is 16.6. The largest absolute Gasteiger partial charge is 0.370 e. The van der Waals surface area contributed by atoms with Crippen molar-refractivity contribution in [3.05, 3.63) is 40.6 Å². The van der Waals surface area contributed by atoms with Crippen LogP contribution in [-0.4, -0.2) is 36.1 Å². The van der Waals surface area contributed by atoms with Gasteiger partial charge in [-0.25, -0.2) is 4.98 Å². The van der Waals surface area contributed by atoms with Gasteiger partial charge in [0.15, 0.2) is 0 Å². The van der Waals surface area contributed by atoms with Gasteiger partial charge in [0, 0.05) is 49.5 Å². The Kier molecular flexibility index (Phi) is 2.78. The lowest BCUT2D eigenvalue weighted by molar-refractivity contribution is -0.383. The van der Waals surface area contributed by atoms with Gasteiger partial charge in [0.05, 0.1) is 4.92 Å². The molecule has 0 radical (unpaired) electrons. The average molecular weight is 284 g/mol. The van der Waals surface area contributed by atoms with Crippen molar-refractivity contribution < 1.29 is 4.92 Å². The van der Waals surface area contributed by atoms with Crippen molar-refractivity contribution in [1.29, 1.82) is 0 Å². The van der Waals surface area contributed by atoms with E-state index in [1.165, 1.54) is 6.07 Å². The predicted molar refractivity (Wildman–Crippen MR) is 80.5 cm³/mol. The van der Waals surface area contributed by atoms with E-state index >= 15 is 0 Å². The van der Waals surface area contributed by atoms with E-state index in [9.17, 15) is 10.1 Å². The number of aromatic nitrogens is 1. The van der Waals surface area contributed by atoms with Crippen LogP contribution in [0.3, 0.4) is 0 Å². The fourth-order valence-corrected chi connectivity index (χ4v) is 3.62. The highest BCUT2D eigenvalue weighted by molar-refractivity contribution is 5.96. The van der Waals surface area contributed by atoms with Gasteiger partial charge in [-0.3, -0.25) is 10.1 Å². The minimum absolute atomic E-state index is 0.0791. The highest BCUT2D eigenvalue weighted by Crippen LogP contribution is 2.36. The number of nitro benzene ring substituents is 1. The van der Waals surface area contributed by atoms with Crippen LogP contribution in [0.4, 0.5) is 11.4 Å². The molecule has 0 spiro atoms. The monoisotopic (exact) mass is 284 g/mol. The van der Waals surface area contributed by atoms with Crippen LogP contribution < -0.4 is 10.2 Å². The van der Waals surface area contributed by atoms with Gasteiger partial charge in [0.25, 0.3) is 5.69 Å².